The number of carbonyl (C=O) groups is 1. The van der Waals surface area contributed by atoms with Gasteiger partial charge < -0.3 is 15.0 Å². The van der Waals surface area contributed by atoms with Gasteiger partial charge >= 0.3 is 0 Å². The van der Waals surface area contributed by atoms with Crippen LogP contribution in [0.15, 0.2) is 41.0 Å². The molecule has 2 N–H and O–H groups in total. The third-order valence-electron chi connectivity index (χ3n) is 2.84. The summed E-state index contributed by atoms with van der Waals surface area (Å²) in [5, 5.41) is 12.0. The van der Waals surface area contributed by atoms with Gasteiger partial charge in [-0.15, -0.1) is 0 Å². The molecule has 0 aliphatic rings. The maximum Gasteiger partial charge on any atom is 0.267 e. The van der Waals surface area contributed by atoms with Crippen LogP contribution in [-0.2, 0) is 13.5 Å². The Hall–Kier alpha value is -1.75. The van der Waals surface area contributed by atoms with Crippen LogP contribution in [-0.4, -0.2) is 22.1 Å². The molecular formula is C14H15BrN2O2. The Morgan fingerprint density at radius 1 is 1.37 bits per heavy atom. The van der Waals surface area contributed by atoms with E-state index in [1.807, 2.05) is 25.4 Å². The Balaban J connectivity index is 1.87. The number of hydrogen-bond donors (Lipinski definition) is 2. The second-order valence-electron chi connectivity index (χ2n) is 4.33. The van der Waals surface area contributed by atoms with E-state index in [4.69, 9.17) is 0 Å². The second-order valence-corrected chi connectivity index (χ2v) is 5.24. The molecule has 0 aliphatic carbocycles. The third kappa shape index (κ3) is 3.61. The van der Waals surface area contributed by atoms with Crippen molar-refractivity contribution < 1.29 is 9.90 Å². The fraction of sp³-hybridized carbons (Fsp3) is 0.214. The maximum atomic E-state index is 11.9. The van der Waals surface area contributed by atoms with Crippen LogP contribution in [0.1, 0.15) is 16.1 Å². The van der Waals surface area contributed by atoms with Crippen molar-refractivity contribution in [2.24, 2.45) is 7.05 Å². The fourth-order valence-corrected chi connectivity index (χ4v) is 2.35. The third-order valence-corrected chi connectivity index (χ3v) is 3.27. The minimum absolute atomic E-state index is 0.0908. The minimum atomic E-state index is -0.0908. The van der Waals surface area contributed by atoms with Crippen molar-refractivity contribution in [1.82, 2.24) is 9.88 Å². The summed E-state index contributed by atoms with van der Waals surface area (Å²) in [4.78, 5) is 11.9. The van der Waals surface area contributed by atoms with Crippen LogP contribution in [0.2, 0.25) is 0 Å². The molecule has 2 rings (SSSR count). The van der Waals surface area contributed by atoms with Crippen LogP contribution in [0, 0.1) is 0 Å². The lowest BCUT2D eigenvalue weighted by atomic mass is 10.1. The number of benzene rings is 1. The topological polar surface area (TPSA) is 54.3 Å². The summed E-state index contributed by atoms with van der Waals surface area (Å²) in [6.07, 6.45) is 2.58. The van der Waals surface area contributed by atoms with Gasteiger partial charge in [0.15, 0.2) is 0 Å². The Bertz CT molecular complexity index is 576. The van der Waals surface area contributed by atoms with Gasteiger partial charge in [0.05, 0.1) is 0 Å². The van der Waals surface area contributed by atoms with Crippen molar-refractivity contribution in [2.75, 3.05) is 6.54 Å². The van der Waals surface area contributed by atoms with Gasteiger partial charge in [0.1, 0.15) is 11.4 Å². The largest absolute Gasteiger partial charge is 0.508 e. The number of nitrogens with zero attached hydrogens (tertiary/aromatic N) is 1. The van der Waals surface area contributed by atoms with Gasteiger partial charge in [-0.25, -0.2) is 0 Å². The van der Waals surface area contributed by atoms with Crippen LogP contribution in [0.5, 0.6) is 5.75 Å². The number of carbonyl (C=O) groups excluding carboxylic acids is 1. The highest BCUT2D eigenvalue weighted by atomic mass is 79.9. The first-order valence-electron chi connectivity index (χ1n) is 5.94. The summed E-state index contributed by atoms with van der Waals surface area (Å²) < 4.78 is 2.67. The number of phenolic OH excluding ortho intramolecular Hbond substituents is 1. The zero-order chi connectivity index (χ0) is 13.8. The molecule has 0 saturated carbocycles. The van der Waals surface area contributed by atoms with Crippen LogP contribution < -0.4 is 5.32 Å². The smallest absolute Gasteiger partial charge is 0.267 e. The Morgan fingerprint density at radius 3 is 2.63 bits per heavy atom. The molecule has 2 aromatic rings. The fourth-order valence-electron chi connectivity index (χ4n) is 1.82. The standard InChI is InChI=1S/C14H15BrN2O2/c1-17-9-11(15)8-13(17)14(19)16-7-6-10-2-4-12(18)5-3-10/h2-5,8-9,18H,6-7H2,1H3,(H,16,19). The molecule has 5 heteroatoms. The van der Waals surface area contributed by atoms with Crippen LogP contribution in [0.3, 0.4) is 0 Å². The number of nitrogens with one attached hydrogen (secondary N) is 1. The van der Waals surface area contributed by atoms with Crippen LogP contribution in [0.4, 0.5) is 0 Å². The molecule has 0 radical (unpaired) electrons. The average Bonchev–Trinajstić information content (AvgIpc) is 2.71. The first kappa shape index (κ1) is 13.7. The quantitative estimate of drug-likeness (QED) is 0.908. The lowest BCUT2D eigenvalue weighted by molar-refractivity contribution is 0.0946. The molecular weight excluding hydrogens is 308 g/mol. The summed E-state index contributed by atoms with van der Waals surface area (Å²) in [6.45, 7) is 0.562. The van der Waals surface area contributed by atoms with Gasteiger partial charge in [0.25, 0.3) is 5.91 Å². The van der Waals surface area contributed by atoms with E-state index in [0.717, 1.165) is 16.5 Å². The molecule has 0 aliphatic heterocycles. The zero-order valence-electron chi connectivity index (χ0n) is 10.6. The number of aromatic nitrogens is 1. The lowest BCUT2D eigenvalue weighted by Gasteiger charge is -2.06. The molecule has 19 heavy (non-hydrogen) atoms. The first-order valence-corrected chi connectivity index (χ1v) is 6.73. The Labute approximate surface area is 120 Å². The normalized spacial score (nSPS) is 10.4. The van der Waals surface area contributed by atoms with Crippen molar-refractivity contribution in [2.45, 2.75) is 6.42 Å². The lowest BCUT2D eigenvalue weighted by Crippen LogP contribution is -2.27. The number of phenols is 1. The van der Waals surface area contributed by atoms with E-state index < -0.39 is 0 Å². The summed E-state index contributed by atoms with van der Waals surface area (Å²) in [5.74, 6) is 0.161. The Kier molecular flexibility index (Phi) is 4.27. The summed E-state index contributed by atoms with van der Waals surface area (Å²) in [7, 11) is 1.83. The number of rotatable bonds is 4. The predicted molar refractivity (Wildman–Crippen MR) is 77.3 cm³/mol. The number of amides is 1. The molecule has 0 unspecified atom stereocenters. The molecule has 0 fully saturated rings. The van der Waals surface area contributed by atoms with E-state index in [1.165, 1.54) is 0 Å². The molecule has 1 aromatic heterocycles. The average molecular weight is 323 g/mol. The number of hydrogen-bond acceptors (Lipinski definition) is 2. The molecule has 0 spiro atoms. The number of halogens is 1. The van der Waals surface area contributed by atoms with Gasteiger partial charge in [-0.3, -0.25) is 4.79 Å². The van der Waals surface area contributed by atoms with Crippen molar-refractivity contribution >= 4 is 21.8 Å². The molecule has 1 aromatic carbocycles. The monoisotopic (exact) mass is 322 g/mol. The minimum Gasteiger partial charge on any atom is -0.508 e. The molecule has 0 bridgehead atoms. The molecule has 0 saturated heterocycles. The van der Waals surface area contributed by atoms with Gasteiger partial charge in [-0.05, 0) is 46.1 Å². The zero-order valence-corrected chi connectivity index (χ0v) is 12.1. The van der Waals surface area contributed by atoms with Gasteiger partial charge in [0.2, 0.25) is 0 Å². The van der Waals surface area contributed by atoms with E-state index >= 15 is 0 Å². The van der Waals surface area contributed by atoms with Crippen LogP contribution in [0.25, 0.3) is 0 Å². The van der Waals surface area contributed by atoms with Crippen molar-refractivity contribution in [3.05, 3.63) is 52.3 Å². The number of aryl methyl sites for hydroxylation is 1. The first-order chi connectivity index (χ1) is 9.06. The van der Waals surface area contributed by atoms with Gasteiger partial charge in [0, 0.05) is 24.3 Å². The Morgan fingerprint density at radius 2 is 2.05 bits per heavy atom. The SMILES string of the molecule is Cn1cc(Br)cc1C(=O)NCCc1ccc(O)cc1. The van der Waals surface area contributed by atoms with Gasteiger partial charge in [-0.1, -0.05) is 12.1 Å². The highest BCUT2D eigenvalue weighted by molar-refractivity contribution is 9.10. The maximum absolute atomic E-state index is 11.9. The van der Waals surface area contributed by atoms with Crippen LogP contribution >= 0.6 is 15.9 Å². The molecule has 0 atom stereocenters. The molecule has 1 amide bonds. The van der Waals surface area contributed by atoms with E-state index in [9.17, 15) is 9.90 Å². The predicted octanol–water partition coefficient (Wildman–Crippen LogP) is 2.47. The van der Waals surface area contributed by atoms with Crippen molar-refractivity contribution in [3.63, 3.8) is 0 Å². The highest BCUT2D eigenvalue weighted by Gasteiger charge is 2.10. The van der Waals surface area contributed by atoms with E-state index in [0.29, 0.717) is 12.2 Å². The van der Waals surface area contributed by atoms with Crippen molar-refractivity contribution in [1.29, 1.82) is 0 Å². The summed E-state index contributed by atoms with van der Waals surface area (Å²) in [6, 6.07) is 8.77. The number of aromatic hydroxyl groups is 1. The van der Waals surface area contributed by atoms with Crippen molar-refractivity contribution in [3.8, 4) is 5.75 Å². The highest BCUT2D eigenvalue weighted by Crippen LogP contribution is 2.13. The van der Waals surface area contributed by atoms with E-state index in [-0.39, 0.29) is 11.7 Å². The summed E-state index contributed by atoms with van der Waals surface area (Å²) >= 11 is 3.34. The molecule has 1 heterocycles. The van der Waals surface area contributed by atoms with Gasteiger partial charge in [-0.2, -0.15) is 0 Å². The molecule has 100 valence electrons. The van der Waals surface area contributed by atoms with E-state index in [1.54, 1.807) is 22.8 Å². The molecule has 4 nitrogen and oxygen atoms in total. The van der Waals surface area contributed by atoms with E-state index in [2.05, 4.69) is 21.2 Å². The second kappa shape index (κ2) is 5.93. The summed E-state index contributed by atoms with van der Waals surface area (Å²) in [5.41, 5.74) is 1.70.